The summed E-state index contributed by atoms with van der Waals surface area (Å²) in [5.41, 5.74) is 2.77. The molecule has 0 spiro atoms. The summed E-state index contributed by atoms with van der Waals surface area (Å²) in [6.07, 6.45) is 0. The van der Waals surface area contributed by atoms with Gasteiger partial charge in [0.2, 0.25) is 11.6 Å². The topological polar surface area (TPSA) is 92.1 Å². The molecule has 9 heteroatoms. The second-order valence-electron chi connectivity index (χ2n) is 8.06. The van der Waals surface area contributed by atoms with Crippen LogP contribution in [0.1, 0.15) is 10.4 Å². The molecule has 0 saturated carbocycles. The smallest absolute Gasteiger partial charge is 0.259 e. The number of hydrogen-bond acceptors (Lipinski definition) is 7. The fourth-order valence-electron chi connectivity index (χ4n) is 4.18. The van der Waals surface area contributed by atoms with E-state index < -0.39 is 0 Å². The fourth-order valence-corrected chi connectivity index (χ4v) is 4.92. The van der Waals surface area contributed by atoms with Gasteiger partial charge in [-0.1, -0.05) is 24.3 Å². The number of anilines is 1. The summed E-state index contributed by atoms with van der Waals surface area (Å²) in [6, 6.07) is 18.4. The third-order valence-corrected chi connectivity index (χ3v) is 6.73. The summed E-state index contributed by atoms with van der Waals surface area (Å²) in [5.74, 6) is 1.98. The molecular weight excluding hydrogens is 540 g/mol. The van der Waals surface area contributed by atoms with Crippen LogP contribution < -0.4 is 24.3 Å². The summed E-state index contributed by atoms with van der Waals surface area (Å²) >= 11 is 3.58. The quantitative estimate of drug-likeness (QED) is 0.236. The van der Waals surface area contributed by atoms with Crippen molar-refractivity contribution in [3.8, 4) is 34.5 Å². The number of nitrogens with one attached hydrogen (secondary N) is 1. The average Bonchev–Trinajstić information content (AvgIpc) is 3.35. The van der Waals surface area contributed by atoms with Crippen LogP contribution in [0.25, 0.3) is 33.3 Å². The van der Waals surface area contributed by atoms with Gasteiger partial charge in [0, 0.05) is 11.3 Å². The molecule has 0 atom stereocenters. The second-order valence-corrected chi connectivity index (χ2v) is 8.86. The van der Waals surface area contributed by atoms with Gasteiger partial charge >= 0.3 is 0 Å². The molecule has 1 N–H and O–H groups in total. The predicted molar refractivity (Wildman–Crippen MR) is 145 cm³/mol. The molecule has 5 aromatic rings. The number of methoxy groups -OCH3 is 4. The maximum atomic E-state index is 13.3. The minimum Gasteiger partial charge on any atom is -0.495 e. The van der Waals surface area contributed by atoms with Crippen LogP contribution in [0.15, 0.2) is 69.6 Å². The Morgan fingerprint density at radius 3 is 2.24 bits per heavy atom. The van der Waals surface area contributed by atoms with Crippen molar-refractivity contribution in [2.75, 3.05) is 33.8 Å². The highest BCUT2D eigenvalue weighted by molar-refractivity contribution is 9.10. The molecule has 0 aliphatic rings. The largest absolute Gasteiger partial charge is 0.495 e. The number of rotatable bonds is 7. The van der Waals surface area contributed by atoms with E-state index in [0.717, 1.165) is 15.2 Å². The van der Waals surface area contributed by atoms with Crippen LogP contribution in [0.5, 0.6) is 23.0 Å². The standard InChI is InChI=1S/C28H23BrN2O6/c1-33-22-12-16(13-23(34-2)26(22)36-4)28-31-20-14-17(9-10-21(20)37-28)30-27(32)19-11-15-7-5-6-8-18(15)24(29)25(19)35-3/h5-14H,1-4H3,(H,30,32). The number of carbonyl (C=O) groups is 1. The highest BCUT2D eigenvalue weighted by atomic mass is 79.9. The monoisotopic (exact) mass is 562 g/mol. The van der Waals surface area contributed by atoms with Gasteiger partial charge in [-0.15, -0.1) is 0 Å². The number of benzene rings is 4. The van der Waals surface area contributed by atoms with Crippen molar-refractivity contribution < 1.29 is 28.2 Å². The highest BCUT2D eigenvalue weighted by Crippen LogP contribution is 2.42. The molecule has 37 heavy (non-hydrogen) atoms. The van der Waals surface area contributed by atoms with E-state index in [-0.39, 0.29) is 5.91 Å². The Balaban J connectivity index is 1.48. The number of aromatic nitrogens is 1. The molecule has 5 rings (SSSR count). The third kappa shape index (κ3) is 4.42. The van der Waals surface area contributed by atoms with Gasteiger partial charge in [-0.2, -0.15) is 0 Å². The minimum atomic E-state index is -0.309. The van der Waals surface area contributed by atoms with Crippen LogP contribution in [0.3, 0.4) is 0 Å². The Morgan fingerprint density at radius 1 is 0.865 bits per heavy atom. The Kier molecular flexibility index (Phi) is 6.62. The normalized spacial score (nSPS) is 10.9. The van der Waals surface area contributed by atoms with E-state index in [4.69, 9.17) is 23.4 Å². The number of fused-ring (bicyclic) bond motifs is 2. The lowest BCUT2D eigenvalue weighted by Crippen LogP contribution is -2.13. The minimum absolute atomic E-state index is 0.309. The lowest BCUT2D eigenvalue weighted by molar-refractivity contribution is 0.102. The van der Waals surface area contributed by atoms with Crippen molar-refractivity contribution >= 4 is 49.4 Å². The van der Waals surface area contributed by atoms with Crippen molar-refractivity contribution in [1.29, 1.82) is 0 Å². The molecule has 0 aliphatic heterocycles. The molecule has 0 unspecified atom stereocenters. The Hall–Kier alpha value is -4.24. The maximum absolute atomic E-state index is 13.3. The first-order valence-electron chi connectivity index (χ1n) is 11.2. The number of halogens is 1. The van der Waals surface area contributed by atoms with Gasteiger partial charge in [0.25, 0.3) is 5.91 Å². The average molecular weight is 563 g/mol. The molecule has 0 fully saturated rings. The second kappa shape index (κ2) is 10.0. The molecule has 188 valence electrons. The Bertz CT molecular complexity index is 1620. The number of oxazole rings is 1. The molecule has 4 aromatic carbocycles. The molecule has 0 saturated heterocycles. The lowest BCUT2D eigenvalue weighted by Gasteiger charge is -2.13. The van der Waals surface area contributed by atoms with Crippen LogP contribution in [-0.4, -0.2) is 39.3 Å². The number of ether oxygens (including phenoxy) is 4. The molecule has 0 aliphatic carbocycles. The Morgan fingerprint density at radius 2 is 1.57 bits per heavy atom. The van der Waals surface area contributed by atoms with Crippen molar-refractivity contribution in [2.24, 2.45) is 0 Å². The zero-order valence-corrected chi connectivity index (χ0v) is 22.1. The Labute approximate surface area is 221 Å². The van der Waals surface area contributed by atoms with E-state index in [1.807, 2.05) is 30.3 Å². The lowest BCUT2D eigenvalue weighted by atomic mass is 10.1. The van der Waals surface area contributed by atoms with Crippen molar-refractivity contribution in [3.63, 3.8) is 0 Å². The van der Waals surface area contributed by atoms with E-state index >= 15 is 0 Å². The van der Waals surface area contributed by atoms with Crippen LogP contribution in [0.2, 0.25) is 0 Å². The van der Waals surface area contributed by atoms with E-state index in [1.54, 1.807) is 51.7 Å². The molecular formula is C28H23BrN2O6. The third-order valence-electron chi connectivity index (χ3n) is 5.95. The van der Waals surface area contributed by atoms with Crippen LogP contribution in [0, 0.1) is 0 Å². The fraction of sp³-hybridized carbons (Fsp3) is 0.143. The van der Waals surface area contributed by atoms with Gasteiger partial charge in [-0.05, 0) is 63.1 Å². The SMILES string of the molecule is COc1cc(-c2nc3cc(NC(=O)c4cc5ccccc5c(Br)c4OC)ccc3o2)cc(OC)c1OC. The van der Waals surface area contributed by atoms with Gasteiger partial charge in [0.05, 0.1) is 38.5 Å². The first-order valence-corrected chi connectivity index (χ1v) is 12.0. The summed E-state index contributed by atoms with van der Waals surface area (Å²) in [6.45, 7) is 0. The highest BCUT2D eigenvalue weighted by Gasteiger charge is 2.20. The summed E-state index contributed by atoms with van der Waals surface area (Å²) in [5, 5.41) is 4.82. The number of carbonyl (C=O) groups excluding carboxylic acids is 1. The van der Waals surface area contributed by atoms with Gasteiger partial charge in [-0.3, -0.25) is 4.79 Å². The molecule has 1 aromatic heterocycles. The van der Waals surface area contributed by atoms with E-state index in [9.17, 15) is 4.79 Å². The van der Waals surface area contributed by atoms with Crippen LogP contribution >= 0.6 is 15.9 Å². The van der Waals surface area contributed by atoms with Crippen molar-refractivity contribution in [1.82, 2.24) is 4.98 Å². The maximum Gasteiger partial charge on any atom is 0.259 e. The number of amides is 1. The molecule has 0 radical (unpaired) electrons. The van der Waals surface area contributed by atoms with Gasteiger partial charge in [0.15, 0.2) is 17.1 Å². The summed E-state index contributed by atoms with van der Waals surface area (Å²) in [7, 11) is 6.18. The van der Waals surface area contributed by atoms with E-state index in [1.165, 1.54) is 7.11 Å². The van der Waals surface area contributed by atoms with E-state index in [2.05, 4.69) is 26.2 Å². The summed E-state index contributed by atoms with van der Waals surface area (Å²) in [4.78, 5) is 17.9. The van der Waals surface area contributed by atoms with Gasteiger partial charge in [0.1, 0.15) is 11.3 Å². The van der Waals surface area contributed by atoms with Crippen LogP contribution in [0.4, 0.5) is 5.69 Å². The molecule has 1 amide bonds. The number of nitrogens with zero attached hydrogens (tertiary/aromatic N) is 1. The first kappa shape index (κ1) is 24.5. The zero-order chi connectivity index (χ0) is 26.1. The molecule has 1 heterocycles. The first-order chi connectivity index (χ1) is 18.0. The summed E-state index contributed by atoms with van der Waals surface area (Å²) < 4.78 is 28.5. The molecule has 0 bridgehead atoms. The van der Waals surface area contributed by atoms with Crippen molar-refractivity contribution in [2.45, 2.75) is 0 Å². The van der Waals surface area contributed by atoms with Crippen LogP contribution in [-0.2, 0) is 0 Å². The van der Waals surface area contributed by atoms with Gasteiger partial charge < -0.3 is 28.7 Å². The molecule has 8 nitrogen and oxygen atoms in total. The predicted octanol–water partition coefficient (Wildman–Crippen LogP) is 6.70. The zero-order valence-electron chi connectivity index (χ0n) is 20.5. The van der Waals surface area contributed by atoms with E-state index in [0.29, 0.717) is 56.8 Å². The number of hydrogen-bond donors (Lipinski definition) is 1. The van der Waals surface area contributed by atoms with Crippen molar-refractivity contribution in [3.05, 3.63) is 70.7 Å². The van der Waals surface area contributed by atoms with Gasteiger partial charge in [-0.25, -0.2) is 4.98 Å².